The fourth-order valence-corrected chi connectivity index (χ4v) is 4.33. The van der Waals surface area contributed by atoms with Crippen LogP contribution in [0.1, 0.15) is 18.0 Å². The number of sulfonamides is 1. The van der Waals surface area contributed by atoms with Crippen LogP contribution in [0.5, 0.6) is 0 Å². The van der Waals surface area contributed by atoms with Crippen LogP contribution < -0.4 is 10.0 Å². The van der Waals surface area contributed by atoms with E-state index in [1.807, 2.05) is 73.6 Å². The van der Waals surface area contributed by atoms with Crippen molar-refractivity contribution in [1.82, 2.24) is 14.9 Å². The molecule has 0 saturated heterocycles. The molecule has 0 radical (unpaired) electrons. The minimum atomic E-state index is -3.69. The van der Waals surface area contributed by atoms with Crippen LogP contribution >= 0.6 is 0 Å². The monoisotopic (exact) mass is 425 g/mol. The molecule has 6 nitrogen and oxygen atoms in total. The molecule has 2 N–H and O–H groups in total. The number of nitrogens with zero attached hydrogens (tertiary/aromatic N) is 1. The SMILES string of the molecule is CN(C)C[C@@H](NC(=O)CCNS(=O)(=O)c1ccc2ccccc2c1)c1ccccc1. The van der Waals surface area contributed by atoms with Gasteiger partial charge in [0.25, 0.3) is 0 Å². The van der Waals surface area contributed by atoms with Gasteiger partial charge in [0.2, 0.25) is 15.9 Å². The lowest BCUT2D eigenvalue weighted by Gasteiger charge is -2.23. The standard InChI is InChI=1S/C23H27N3O3S/c1-26(2)17-22(19-9-4-3-5-10-19)25-23(27)14-15-24-30(28,29)21-13-12-18-8-6-7-11-20(18)16-21/h3-13,16,22,24H,14-15,17H2,1-2H3,(H,25,27)/t22-/m1/s1. The Kier molecular flexibility index (Phi) is 7.20. The summed E-state index contributed by atoms with van der Waals surface area (Å²) in [6.07, 6.45) is 0.0591. The van der Waals surface area contributed by atoms with Gasteiger partial charge in [0.05, 0.1) is 10.9 Å². The minimum absolute atomic E-state index is 0.0322. The third-order valence-electron chi connectivity index (χ3n) is 4.76. The quantitative estimate of drug-likeness (QED) is 0.553. The first-order chi connectivity index (χ1) is 14.3. The van der Waals surface area contributed by atoms with E-state index in [-0.39, 0.29) is 29.8 Å². The molecule has 3 aromatic rings. The third-order valence-corrected chi connectivity index (χ3v) is 6.22. The first kappa shape index (κ1) is 22.0. The first-order valence-electron chi connectivity index (χ1n) is 9.83. The summed E-state index contributed by atoms with van der Waals surface area (Å²) in [7, 11) is 0.203. The summed E-state index contributed by atoms with van der Waals surface area (Å²) >= 11 is 0. The van der Waals surface area contributed by atoms with Gasteiger partial charge in [-0.25, -0.2) is 13.1 Å². The molecule has 0 bridgehead atoms. The Morgan fingerprint density at radius 1 is 0.933 bits per heavy atom. The van der Waals surface area contributed by atoms with E-state index in [4.69, 9.17) is 0 Å². The van der Waals surface area contributed by atoms with Crippen LogP contribution in [0.2, 0.25) is 0 Å². The summed E-state index contributed by atoms with van der Waals surface area (Å²) in [4.78, 5) is 14.6. The Morgan fingerprint density at radius 2 is 1.60 bits per heavy atom. The number of fused-ring (bicyclic) bond motifs is 1. The van der Waals surface area contributed by atoms with Crippen molar-refractivity contribution in [2.75, 3.05) is 27.2 Å². The van der Waals surface area contributed by atoms with Gasteiger partial charge in [-0.3, -0.25) is 4.79 Å². The van der Waals surface area contributed by atoms with Gasteiger partial charge in [-0.05, 0) is 42.6 Å². The zero-order valence-electron chi connectivity index (χ0n) is 17.2. The second-order valence-corrected chi connectivity index (χ2v) is 9.22. The van der Waals surface area contributed by atoms with Crippen LogP contribution in [0.3, 0.4) is 0 Å². The van der Waals surface area contributed by atoms with Crippen LogP contribution in [0.25, 0.3) is 10.8 Å². The van der Waals surface area contributed by atoms with Gasteiger partial charge in [0, 0.05) is 19.5 Å². The lowest BCUT2D eigenvalue weighted by atomic mass is 10.1. The molecule has 0 heterocycles. The maximum absolute atomic E-state index is 12.6. The predicted molar refractivity (Wildman–Crippen MR) is 120 cm³/mol. The molecule has 0 aliphatic heterocycles. The van der Waals surface area contributed by atoms with E-state index in [1.54, 1.807) is 18.2 Å². The van der Waals surface area contributed by atoms with Crippen molar-refractivity contribution in [3.05, 3.63) is 78.4 Å². The van der Waals surface area contributed by atoms with Gasteiger partial charge in [-0.1, -0.05) is 60.7 Å². The molecule has 3 aromatic carbocycles. The molecule has 0 aromatic heterocycles. The van der Waals surface area contributed by atoms with Gasteiger partial charge in [-0.15, -0.1) is 0 Å². The van der Waals surface area contributed by atoms with E-state index < -0.39 is 10.0 Å². The summed E-state index contributed by atoms with van der Waals surface area (Å²) < 4.78 is 27.7. The second kappa shape index (κ2) is 9.84. The Bertz CT molecular complexity index is 1100. The number of likely N-dealkylation sites (N-methyl/N-ethyl adjacent to an activating group) is 1. The molecular weight excluding hydrogens is 398 g/mol. The number of carbonyl (C=O) groups is 1. The summed E-state index contributed by atoms with van der Waals surface area (Å²) in [5, 5.41) is 4.83. The lowest BCUT2D eigenvalue weighted by molar-refractivity contribution is -0.121. The molecule has 1 atom stereocenters. The summed E-state index contributed by atoms with van der Waals surface area (Å²) in [5.41, 5.74) is 1.01. The highest BCUT2D eigenvalue weighted by atomic mass is 32.2. The van der Waals surface area contributed by atoms with Crippen molar-refractivity contribution in [2.45, 2.75) is 17.4 Å². The molecule has 0 fully saturated rings. The van der Waals surface area contributed by atoms with Crippen molar-refractivity contribution in [1.29, 1.82) is 0 Å². The lowest BCUT2D eigenvalue weighted by Crippen LogP contribution is -2.37. The van der Waals surface area contributed by atoms with Gasteiger partial charge in [-0.2, -0.15) is 0 Å². The largest absolute Gasteiger partial charge is 0.348 e. The van der Waals surface area contributed by atoms with Crippen LogP contribution in [0, 0.1) is 0 Å². The van der Waals surface area contributed by atoms with Crippen molar-refractivity contribution < 1.29 is 13.2 Å². The Morgan fingerprint density at radius 3 is 2.30 bits per heavy atom. The highest BCUT2D eigenvalue weighted by Gasteiger charge is 2.17. The molecule has 0 aliphatic carbocycles. The van der Waals surface area contributed by atoms with Gasteiger partial charge >= 0.3 is 0 Å². The smallest absolute Gasteiger partial charge is 0.240 e. The van der Waals surface area contributed by atoms with Crippen LogP contribution in [0.4, 0.5) is 0 Å². The second-order valence-electron chi connectivity index (χ2n) is 7.45. The number of benzene rings is 3. The number of nitrogens with one attached hydrogen (secondary N) is 2. The van der Waals surface area contributed by atoms with E-state index in [0.29, 0.717) is 6.54 Å². The average molecular weight is 426 g/mol. The van der Waals surface area contributed by atoms with Crippen molar-refractivity contribution in [3.63, 3.8) is 0 Å². The molecule has 30 heavy (non-hydrogen) atoms. The molecular formula is C23H27N3O3S. The number of rotatable bonds is 9. The molecule has 0 aliphatic rings. The van der Waals surface area contributed by atoms with Crippen molar-refractivity contribution in [3.8, 4) is 0 Å². The summed E-state index contributed by atoms with van der Waals surface area (Å²) in [6.45, 7) is 0.684. The molecule has 0 saturated carbocycles. The Balaban J connectivity index is 1.59. The van der Waals surface area contributed by atoms with Crippen molar-refractivity contribution in [2.24, 2.45) is 0 Å². The Hall–Kier alpha value is -2.74. The highest BCUT2D eigenvalue weighted by molar-refractivity contribution is 7.89. The predicted octanol–water partition coefficient (Wildman–Crippen LogP) is 2.93. The van der Waals surface area contributed by atoms with E-state index in [2.05, 4.69) is 10.0 Å². The molecule has 0 spiro atoms. The normalized spacial score (nSPS) is 12.8. The van der Waals surface area contributed by atoms with E-state index >= 15 is 0 Å². The minimum Gasteiger partial charge on any atom is -0.348 e. The summed E-state index contributed by atoms with van der Waals surface area (Å²) in [5.74, 6) is -0.202. The zero-order valence-corrected chi connectivity index (χ0v) is 18.0. The summed E-state index contributed by atoms with van der Waals surface area (Å²) in [6, 6.07) is 22.1. The topological polar surface area (TPSA) is 78.5 Å². The highest BCUT2D eigenvalue weighted by Crippen LogP contribution is 2.19. The van der Waals surface area contributed by atoms with Gasteiger partial charge in [0.1, 0.15) is 0 Å². The maximum Gasteiger partial charge on any atom is 0.240 e. The molecule has 1 amide bonds. The van der Waals surface area contributed by atoms with Crippen LogP contribution in [0.15, 0.2) is 77.7 Å². The molecule has 158 valence electrons. The molecule has 0 unspecified atom stereocenters. The Labute approximate surface area is 178 Å². The fraction of sp³-hybridized carbons (Fsp3) is 0.261. The first-order valence-corrected chi connectivity index (χ1v) is 11.3. The van der Waals surface area contributed by atoms with Gasteiger partial charge in [0.15, 0.2) is 0 Å². The van der Waals surface area contributed by atoms with Crippen LogP contribution in [-0.4, -0.2) is 46.4 Å². The zero-order chi connectivity index (χ0) is 21.6. The van der Waals surface area contributed by atoms with Gasteiger partial charge < -0.3 is 10.2 Å². The third kappa shape index (κ3) is 5.89. The van der Waals surface area contributed by atoms with E-state index in [1.165, 1.54) is 0 Å². The number of amides is 1. The fourth-order valence-electron chi connectivity index (χ4n) is 3.27. The average Bonchev–Trinajstić information content (AvgIpc) is 2.73. The number of carbonyl (C=O) groups excluding carboxylic acids is 1. The number of hydrogen-bond donors (Lipinski definition) is 2. The van der Waals surface area contributed by atoms with E-state index in [0.717, 1.165) is 16.3 Å². The molecule has 7 heteroatoms. The van der Waals surface area contributed by atoms with E-state index in [9.17, 15) is 13.2 Å². The van der Waals surface area contributed by atoms with Crippen LogP contribution in [-0.2, 0) is 14.8 Å². The van der Waals surface area contributed by atoms with Crippen molar-refractivity contribution >= 4 is 26.7 Å². The molecule has 3 rings (SSSR count). The maximum atomic E-state index is 12.6. The number of hydrogen-bond acceptors (Lipinski definition) is 4.